The molecular formula is C24H29N3O2S. The van der Waals surface area contributed by atoms with E-state index in [0.717, 1.165) is 43.9 Å². The number of aryl methyl sites for hydroxylation is 1. The van der Waals surface area contributed by atoms with Gasteiger partial charge in [0.25, 0.3) is 5.91 Å². The third-order valence-corrected chi connectivity index (χ3v) is 7.01. The van der Waals surface area contributed by atoms with Gasteiger partial charge < -0.3 is 14.7 Å². The summed E-state index contributed by atoms with van der Waals surface area (Å²) in [7, 11) is 0. The Hall–Kier alpha value is -2.47. The van der Waals surface area contributed by atoms with Crippen molar-refractivity contribution >= 4 is 29.3 Å². The molecule has 2 heterocycles. The minimum atomic E-state index is 0.0659. The maximum absolute atomic E-state index is 13.2. The Bertz CT molecular complexity index is 903. The van der Waals surface area contributed by atoms with Crippen molar-refractivity contribution in [1.29, 1.82) is 0 Å². The van der Waals surface area contributed by atoms with Gasteiger partial charge in [0, 0.05) is 49.9 Å². The summed E-state index contributed by atoms with van der Waals surface area (Å²) >= 11 is 1.48. The number of benzene rings is 2. The number of piperazine rings is 1. The Balaban J connectivity index is 1.38. The lowest BCUT2D eigenvalue weighted by molar-refractivity contribution is -0.127. The SMILES string of the molecule is Cc1ccccc1N1CCN(C(=O)c2ccccc2SCC(=O)N2CCCC2)CC1. The summed E-state index contributed by atoms with van der Waals surface area (Å²) in [6.07, 6.45) is 2.19. The molecule has 0 bridgehead atoms. The van der Waals surface area contributed by atoms with Crippen LogP contribution in [-0.2, 0) is 4.79 Å². The third-order valence-electron chi connectivity index (χ3n) is 5.95. The topological polar surface area (TPSA) is 43.9 Å². The van der Waals surface area contributed by atoms with E-state index in [2.05, 4.69) is 36.1 Å². The number of para-hydroxylation sites is 1. The molecule has 0 aliphatic carbocycles. The lowest BCUT2D eigenvalue weighted by Crippen LogP contribution is -2.49. The summed E-state index contributed by atoms with van der Waals surface area (Å²) in [4.78, 5) is 32.8. The van der Waals surface area contributed by atoms with Crippen molar-refractivity contribution in [2.45, 2.75) is 24.7 Å². The van der Waals surface area contributed by atoms with Crippen molar-refractivity contribution < 1.29 is 9.59 Å². The van der Waals surface area contributed by atoms with Crippen molar-refractivity contribution in [2.24, 2.45) is 0 Å². The van der Waals surface area contributed by atoms with Crippen LogP contribution >= 0.6 is 11.8 Å². The molecule has 30 heavy (non-hydrogen) atoms. The number of hydrogen-bond acceptors (Lipinski definition) is 4. The first kappa shape index (κ1) is 20.8. The van der Waals surface area contributed by atoms with Crippen molar-refractivity contribution in [2.75, 3.05) is 49.9 Å². The van der Waals surface area contributed by atoms with Crippen LogP contribution in [0, 0.1) is 6.92 Å². The molecule has 2 fully saturated rings. The molecular weight excluding hydrogens is 394 g/mol. The fourth-order valence-electron chi connectivity index (χ4n) is 4.21. The Morgan fingerprint density at radius 2 is 1.50 bits per heavy atom. The predicted octanol–water partition coefficient (Wildman–Crippen LogP) is 3.67. The molecule has 0 spiro atoms. The number of carbonyl (C=O) groups excluding carboxylic acids is 2. The molecule has 0 saturated carbocycles. The first-order valence-corrected chi connectivity index (χ1v) is 11.7. The van der Waals surface area contributed by atoms with Crippen LogP contribution in [0.25, 0.3) is 0 Å². The summed E-state index contributed by atoms with van der Waals surface area (Å²) in [5, 5.41) is 0. The maximum atomic E-state index is 13.2. The van der Waals surface area contributed by atoms with E-state index in [4.69, 9.17) is 0 Å². The second-order valence-corrected chi connectivity index (χ2v) is 8.96. The molecule has 158 valence electrons. The highest BCUT2D eigenvalue weighted by molar-refractivity contribution is 8.00. The summed E-state index contributed by atoms with van der Waals surface area (Å²) in [6, 6.07) is 16.1. The van der Waals surface area contributed by atoms with Gasteiger partial charge in [-0.1, -0.05) is 30.3 Å². The number of rotatable bonds is 5. The fourth-order valence-corrected chi connectivity index (χ4v) is 5.15. The molecule has 2 aliphatic heterocycles. The predicted molar refractivity (Wildman–Crippen MR) is 122 cm³/mol. The van der Waals surface area contributed by atoms with Crippen LogP contribution in [0.1, 0.15) is 28.8 Å². The van der Waals surface area contributed by atoms with Crippen LogP contribution in [0.15, 0.2) is 53.4 Å². The van der Waals surface area contributed by atoms with Crippen molar-refractivity contribution in [1.82, 2.24) is 9.80 Å². The molecule has 2 saturated heterocycles. The van der Waals surface area contributed by atoms with Crippen molar-refractivity contribution in [3.63, 3.8) is 0 Å². The van der Waals surface area contributed by atoms with E-state index in [-0.39, 0.29) is 11.8 Å². The molecule has 0 atom stereocenters. The Kier molecular flexibility index (Phi) is 6.62. The largest absolute Gasteiger partial charge is 0.368 e. The lowest BCUT2D eigenvalue weighted by atomic mass is 10.1. The maximum Gasteiger partial charge on any atom is 0.255 e. The molecule has 6 heteroatoms. The van der Waals surface area contributed by atoms with Gasteiger partial charge in [-0.15, -0.1) is 11.8 Å². The van der Waals surface area contributed by atoms with E-state index < -0.39 is 0 Å². The number of hydrogen-bond donors (Lipinski definition) is 0. The molecule has 0 N–H and O–H groups in total. The number of likely N-dealkylation sites (tertiary alicyclic amines) is 1. The van der Waals surface area contributed by atoms with Gasteiger partial charge in [-0.2, -0.15) is 0 Å². The molecule has 0 aromatic heterocycles. The fraction of sp³-hybridized carbons (Fsp3) is 0.417. The Morgan fingerprint density at radius 3 is 2.23 bits per heavy atom. The zero-order chi connectivity index (χ0) is 20.9. The van der Waals surface area contributed by atoms with E-state index in [1.807, 2.05) is 34.1 Å². The summed E-state index contributed by atoms with van der Waals surface area (Å²) < 4.78 is 0. The molecule has 2 aliphatic rings. The molecule has 2 aromatic rings. The number of anilines is 1. The van der Waals surface area contributed by atoms with Crippen LogP contribution in [-0.4, -0.2) is 66.6 Å². The van der Waals surface area contributed by atoms with Gasteiger partial charge in [-0.25, -0.2) is 0 Å². The Labute approximate surface area is 183 Å². The van der Waals surface area contributed by atoms with Crippen LogP contribution < -0.4 is 4.90 Å². The zero-order valence-corrected chi connectivity index (χ0v) is 18.4. The molecule has 0 radical (unpaired) electrons. The van der Waals surface area contributed by atoms with Gasteiger partial charge in [-0.3, -0.25) is 9.59 Å². The van der Waals surface area contributed by atoms with Crippen LogP contribution in [0.2, 0.25) is 0 Å². The van der Waals surface area contributed by atoms with Gasteiger partial charge in [0.05, 0.1) is 11.3 Å². The molecule has 0 unspecified atom stereocenters. The minimum Gasteiger partial charge on any atom is -0.368 e. The number of amides is 2. The standard InChI is InChI=1S/C24H29N3O2S/c1-19-8-2-4-10-21(19)25-14-16-27(17-15-25)24(29)20-9-3-5-11-22(20)30-18-23(28)26-12-6-7-13-26/h2-5,8-11H,6-7,12-18H2,1H3. The highest BCUT2D eigenvalue weighted by Gasteiger charge is 2.25. The van der Waals surface area contributed by atoms with Gasteiger partial charge in [0.15, 0.2) is 0 Å². The zero-order valence-electron chi connectivity index (χ0n) is 17.5. The molecule has 2 aromatic carbocycles. The minimum absolute atomic E-state index is 0.0659. The summed E-state index contributed by atoms with van der Waals surface area (Å²) in [6.45, 7) is 6.94. The van der Waals surface area contributed by atoms with E-state index in [9.17, 15) is 9.59 Å². The number of nitrogens with zero attached hydrogens (tertiary/aromatic N) is 3. The molecule has 5 nitrogen and oxygen atoms in total. The van der Waals surface area contributed by atoms with Crippen molar-refractivity contribution in [3.05, 3.63) is 59.7 Å². The van der Waals surface area contributed by atoms with Crippen LogP contribution in [0.4, 0.5) is 5.69 Å². The van der Waals surface area contributed by atoms with Gasteiger partial charge in [0.1, 0.15) is 0 Å². The highest BCUT2D eigenvalue weighted by Crippen LogP contribution is 2.26. The third kappa shape index (κ3) is 4.64. The van der Waals surface area contributed by atoms with Crippen molar-refractivity contribution in [3.8, 4) is 0 Å². The molecule has 4 rings (SSSR count). The second kappa shape index (κ2) is 9.56. The molecule has 2 amide bonds. The van der Waals surface area contributed by atoms with Crippen LogP contribution in [0.3, 0.4) is 0 Å². The van der Waals surface area contributed by atoms with Crippen LogP contribution in [0.5, 0.6) is 0 Å². The van der Waals surface area contributed by atoms with Gasteiger partial charge >= 0.3 is 0 Å². The van der Waals surface area contributed by atoms with Gasteiger partial charge in [-0.05, 0) is 43.5 Å². The van der Waals surface area contributed by atoms with Gasteiger partial charge in [0.2, 0.25) is 5.91 Å². The summed E-state index contributed by atoms with van der Waals surface area (Å²) in [5.41, 5.74) is 3.23. The van der Waals surface area contributed by atoms with E-state index >= 15 is 0 Å². The normalized spacial score (nSPS) is 16.8. The quantitative estimate of drug-likeness (QED) is 0.689. The average Bonchev–Trinajstić information content (AvgIpc) is 3.33. The first-order chi connectivity index (χ1) is 14.6. The van der Waals surface area contributed by atoms with E-state index in [1.54, 1.807) is 0 Å². The van der Waals surface area contributed by atoms with E-state index in [1.165, 1.54) is 23.0 Å². The number of thioether (sulfide) groups is 1. The Morgan fingerprint density at radius 1 is 0.833 bits per heavy atom. The first-order valence-electron chi connectivity index (χ1n) is 10.7. The monoisotopic (exact) mass is 423 g/mol. The highest BCUT2D eigenvalue weighted by atomic mass is 32.2. The summed E-state index contributed by atoms with van der Waals surface area (Å²) in [5.74, 6) is 0.633. The van der Waals surface area contributed by atoms with E-state index in [0.29, 0.717) is 24.4 Å². The second-order valence-electron chi connectivity index (χ2n) is 7.94. The number of carbonyl (C=O) groups is 2. The lowest BCUT2D eigenvalue weighted by Gasteiger charge is -2.37. The smallest absolute Gasteiger partial charge is 0.255 e. The average molecular weight is 424 g/mol.